The van der Waals surface area contributed by atoms with Gasteiger partial charge in [0.1, 0.15) is 29.8 Å². The van der Waals surface area contributed by atoms with Crippen LogP contribution in [0, 0.1) is 11.6 Å². The van der Waals surface area contributed by atoms with Crippen molar-refractivity contribution in [2.75, 3.05) is 13.2 Å². The van der Waals surface area contributed by atoms with Crippen LogP contribution < -0.4 is 4.74 Å². The maximum Gasteiger partial charge on any atom is 0.185 e. The Morgan fingerprint density at radius 2 is 2.08 bits per heavy atom. The Kier molecular flexibility index (Phi) is 3.92. The molecule has 0 fully saturated rings. The molecule has 4 rings (SSSR count). The maximum absolute atomic E-state index is 14.5. The van der Waals surface area contributed by atoms with Gasteiger partial charge in [0.2, 0.25) is 0 Å². The van der Waals surface area contributed by atoms with E-state index in [1.54, 1.807) is 4.57 Å². The molecule has 1 aliphatic heterocycles. The molecule has 0 saturated heterocycles. The van der Waals surface area contributed by atoms with Crippen LogP contribution in [0.2, 0.25) is 0 Å². The van der Waals surface area contributed by atoms with E-state index in [9.17, 15) is 8.78 Å². The third-order valence-corrected chi connectivity index (χ3v) is 4.45. The number of aryl methyl sites for hydroxylation is 1. The first-order chi connectivity index (χ1) is 12.2. The topological polar surface area (TPSA) is 36.3 Å². The summed E-state index contributed by atoms with van der Waals surface area (Å²) < 4.78 is 41.6. The molecule has 3 aromatic rings. The third-order valence-electron chi connectivity index (χ3n) is 4.45. The first-order valence-electron chi connectivity index (χ1n) is 8.38. The molecule has 0 bridgehead atoms. The summed E-state index contributed by atoms with van der Waals surface area (Å²) in [7, 11) is 0. The number of imidazole rings is 1. The van der Waals surface area contributed by atoms with Gasteiger partial charge in [-0.1, -0.05) is 19.1 Å². The first kappa shape index (κ1) is 16.0. The van der Waals surface area contributed by atoms with Crippen LogP contribution in [0.15, 0.2) is 30.3 Å². The van der Waals surface area contributed by atoms with Gasteiger partial charge in [0.25, 0.3) is 0 Å². The molecule has 25 heavy (non-hydrogen) atoms. The molecule has 6 heteroatoms. The molecule has 1 atom stereocenters. The molecule has 0 unspecified atom stereocenters. The van der Waals surface area contributed by atoms with E-state index in [1.807, 2.05) is 32.0 Å². The van der Waals surface area contributed by atoms with Crippen molar-refractivity contribution >= 4 is 11.0 Å². The van der Waals surface area contributed by atoms with E-state index in [4.69, 9.17) is 9.47 Å². The van der Waals surface area contributed by atoms with Gasteiger partial charge in [0, 0.05) is 18.6 Å². The lowest BCUT2D eigenvalue weighted by molar-refractivity contribution is 0.0468. The van der Waals surface area contributed by atoms with Gasteiger partial charge < -0.3 is 9.47 Å². The second-order valence-electron chi connectivity index (χ2n) is 5.90. The monoisotopic (exact) mass is 344 g/mol. The number of hydrogen-bond donors (Lipinski definition) is 0. The van der Waals surface area contributed by atoms with Gasteiger partial charge in [-0.15, -0.1) is 0 Å². The largest absolute Gasteiger partial charge is 0.488 e. The zero-order valence-corrected chi connectivity index (χ0v) is 14.1. The average molecular weight is 344 g/mol. The van der Waals surface area contributed by atoms with Crippen LogP contribution in [-0.2, 0) is 11.2 Å². The molecule has 0 saturated carbocycles. The van der Waals surface area contributed by atoms with Crippen molar-refractivity contribution < 1.29 is 18.3 Å². The second-order valence-corrected chi connectivity index (χ2v) is 5.90. The van der Waals surface area contributed by atoms with Crippen LogP contribution in [0.4, 0.5) is 8.78 Å². The lowest BCUT2D eigenvalue weighted by atomic mass is 10.1. The van der Waals surface area contributed by atoms with Crippen molar-refractivity contribution in [3.8, 4) is 11.4 Å². The van der Waals surface area contributed by atoms with Gasteiger partial charge in [0.05, 0.1) is 11.2 Å². The summed E-state index contributed by atoms with van der Waals surface area (Å²) in [4.78, 5) is 4.46. The Hall–Kier alpha value is -2.47. The van der Waals surface area contributed by atoms with Crippen LogP contribution in [0.1, 0.15) is 31.3 Å². The highest BCUT2D eigenvalue weighted by atomic mass is 19.2. The second kappa shape index (κ2) is 6.11. The summed E-state index contributed by atoms with van der Waals surface area (Å²) in [6, 6.07) is 8.24. The van der Waals surface area contributed by atoms with Crippen LogP contribution in [-0.4, -0.2) is 22.8 Å². The fourth-order valence-electron chi connectivity index (χ4n) is 3.36. The zero-order chi connectivity index (χ0) is 17.6. The summed E-state index contributed by atoms with van der Waals surface area (Å²) in [6.07, 6.45) is 0.426. The zero-order valence-electron chi connectivity index (χ0n) is 14.1. The van der Waals surface area contributed by atoms with Gasteiger partial charge in [-0.3, -0.25) is 4.57 Å². The normalized spacial score (nSPS) is 16.2. The minimum Gasteiger partial charge on any atom is -0.488 e. The summed E-state index contributed by atoms with van der Waals surface area (Å²) in [5.74, 6) is -0.506. The molecule has 1 aromatic heterocycles. The van der Waals surface area contributed by atoms with E-state index in [0.717, 1.165) is 11.6 Å². The average Bonchev–Trinajstić information content (AvgIpc) is 3.20. The number of ether oxygens (including phenoxy) is 2. The third kappa shape index (κ3) is 2.40. The standard InChI is InChI=1S/C19H18F2N2O2/c1-3-16-22-13-9-8-12(20)17(21)18(13)23(16)14-7-5-6-11-15(24-4-2)10-25-19(11)14/h5-9,15H,3-4,10H2,1-2H3/t15-/m1/s1. The van der Waals surface area contributed by atoms with E-state index >= 15 is 0 Å². The number of para-hydroxylation sites is 1. The molecule has 0 radical (unpaired) electrons. The molecular formula is C19H18F2N2O2. The van der Waals surface area contributed by atoms with Crippen LogP contribution in [0.5, 0.6) is 5.75 Å². The highest BCUT2D eigenvalue weighted by Crippen LogP contribution is 2.41. The first-order valence-corrected chi connectivity index (χ1v) is 8.38. The molecule has 2 aromatic carbocycles. The Labute approximate surface area is 144 Å². The Morgan fingerprint density at radius 3 is 2.84 bits per heavy atom. The van der Waals surface area contributed by atoms with Crippen molar-refractivity contribution in [3.05, 3.63) is 53.4 Å². The number of aromatic nitrogens is 2. The van der Waals surface area contributed by atoms with Crippen molar-refractivity contribution in [3.63, 3.8) is 0 Å². The predicted octanol–water partition coefficient (Wildman–Crippen LogP) is 4.34. The Morgan fingerprint density at radius 1 is 1.24 bits per heavy atom. The molecule has 0 N–H and O–H groups in total. The summed E-state index contributed by atoms with van der Waals surface area (Å²) in [5.41, 5.74) is 2.13. The van der Waals surface area contributed by atoms with E-state index < -0.39 is 11.6 Å². The van der Waals surface area contributed by atoms with Gasteiger partial charge in [-0.25, -0.2) is 13.8 Å². The Balaban J connectivity index is 1.99. The summed E-state index contributed by atoms with van der Waals surface area (Å²) in [5, 5.41) is 0. The van der Waals surface area contributed by atoms with Crippen LogP contribution in [0.25, 0.3) is 16.7 Å². The van der Waals surface area contributed by atoms with Crippen LogP contribution >= 0.6 is 0 Å². The number of benzene rings is 2. The minimum absolute atomic E-state index is 0.133. The van der Waals surface area contributed by atoms with Crippen molar-refractivity contribution in [2.24, 2.45) is 0 Å². The number of halogens is 2. The van der Waals surface area contributed by atoms with E-state index in [0.29, 0.717) is 42.4 Å². The fourth-order valence-corrected chi connectivity index (χ4v) is 3.36. The highest BCUT2D eigenvalue weighted by Gasteiger charge is 2.29. The number of fused-ring (bicyclic) bond motifs is 2. The molecule has 2 heterocycles. The van der Waals surface area contributed by atoms with Crippen molar-refractivity contribution in [1.82, 2.24) is 9.55 Å². The van der Waals surface area contributed by atoms with Gasteiger partial charge in [-0.05, 0) is 25.1 Å². The van der Waals surface area contributed by atoms with Crippen LogP contribution in [0.3, 0.4) is 0 Å². The lowest BCUT2D eigenvalue weighted by Crippen LogP contribution is -2.04. The Bertz CT molecular complexity index is 952. The SMILES string of the molecule is CCO[C@@H]1COc2c1cccc2-n1c(CC)nc2ccc(F)c(F)c21. The predicted molar refractivity (Wildman–Crippen MR) is 90.2 cm³/mol. The minimum atomic E-state index is -0.901. The quantitative estimate of drug-likeness (QED) is 0.706. The molecule has 0 aliphatic carbocycles. The number of hydrogen-bond acceptors (Lipinski definition) is 3. The van der Waals surface area contributed by atoms with Crippen molar-refractivity contribution in [1.29, 1.82) is 0 Å². The molecule has 130 valence electrons. The maximum atomic E-state index is 14.5. The molecule has 0 amide bonds. The molecule has 4 nitrogen and oxygen atoms in total. The van der Waals surface area contributed by atoms with E-state index in [-0.39, 0.29) is 11.6 Å². The van der Waals surface area contributed by atoms with Gasteiger partial charge in [0.15, 0.2) is 11.6 Å². The number of rotatable bonds is 4. The smallest absolute Gasteiger partial charge is 0.185 e. The van der Waals surface area contributed by atoms with Crippen molar-refractivity contribution in [2.45, 2.75) is 26.4 Å². The summed E-state index contributed by atoms with van der Waals surface area (Å²) in [6.45, 7) is 4.84. The lowest BCUT2D eigenvalue weighted by Gasteiger charge is -2.13. The van der Waals surface area contributed by atoms with Gasteiger partial charge in [-0.2, -0.15) is 0 Å². The summed E-state index contributed by atoms with van der Waals surface area (Å²) >= 11 is 0. The fraction of sp³-hybridized carbons (Fsp3) is 0.316. The van der Waals surface area contributed by atoms with Gasteiger partial charge >= 0.3 is 0 Å². The van der Waals surface area contributed by atoms with E-state index in [1.165, 1.54) is 6.07 Å². The highest BCUT2D eigenvalue weighted by molar-refractivity contribution is 5.80. The van der Waals surface area contributed by atoms with E-state index in [2.05, 4.69) is 4.98 Å². The molecule has 1 aliphatic rings. The number of nitrogens with zero attached hydrogens (tertiary/aromatic N) is 2. The molecular weight excluding hydrogens is 326 g/mol. The molecule has 0 spiro atoms.